The van der Waals surface area contributed by atoms with Crippen molar-refractivity contribution in [1.29, 1.82) is 0 Å². The molecule has 1 atom stereocenters. The number of amides is 1. The molecule has 22 heavy (non-hydrogen) atoms. The SMILES string of the molecule is CCCC(C)CCCCCCCCN(C)C(=O)C(CC)CC. The van der Waals surface area contributed by atoms with Crippen molar-refractivity contribution < 1.29 is 4.79 Å². The van der Waals surface area contributed by atoms with Crippen LogP contribution in [0.2, 0.25) is 0 Å². The molecule has 0 fully saturated rings. The Bertz CT molecular complexity index is 260. The lowest BCUT2D eigenvalue weighted by atomic mass is 9.98. The first-order valence-corrected chi connectivity index (χ1v) is 9.81. The Labute approximate surface area is 140 Å². The third kappa shape index (κ3) is 10.2. The van der Waals surface area contributed by atoms with Crippen molar-refractivity contribution in [3.05, 3.63) is 0 Å². The molecule has 1 amide bonds. The minimum Gasteiger partial charge on any atom is -0.346 e. The van der Waals surface area contributed by atoms with E-state index in [1.54, 1.807) is 0 Å². The standard InChI is InChI=1S/C20H41NO/c1-6-15-18(4)16-13-11-9-10-12-14-17-21(5)20(22)19(7-2)8-3/h18-19H,6-17H2,1-5H3. The van der Waals surface area contributed by atoms with E-state index in [4.69, 9.17) is 0 Å². The minimum atomic E-state index is 0.232. The first kappa shape index (κ1) is 21.5. The molecule has 0 radical (unpaired) electrons. The number of carbonyl (C=O) groups is 1. The van der Waals surface area contributed by atoms with Gasteiger partial charge in [0.25, 0.3) is 0 Å². The fourth-order valence-corrected chi connectivity index (χ4v) is 3.25. The monoisotopic (exact) mass is 311 g/mol. The van der Waals surface area contributed by atoms with E-state index in [0.717, 1.165) is 31.7 Å². The normalized spacial score (nSPS) is 12.6. The largest absolute Gasteiger partial charge is 0.346 e. The Balaban J connectivity index is 3.51. The summed E-state index contributed by atoms with van der Waals surface area (Å²) in [6, 6.07) is 0. The molecule has 0 saturated heterocycles. The Morgan fingerprint density at radius 3 is 1.95 bits per heavy atom. The highest BCUT2D eigenvalue weighted by Crippen LogP contribution is 2.16. The Morgan fingerprint density at radius 1 is 0.864 bits per heavy atom. The van der Waals surface area contributed by atoms with Crippen molar-refractivity contribution in [2.45, 2.75) is 98.3 Å². The van der Waals surface area contributed by atoms with Crippen LogP contribution in [0, 0.1) is 11.8 Å². The maximum absolute atomic E-state index is 12.2. The van der Waals surface area contributed by atoms with Gasteiger partial charge in [-0.2, -0.15) is 0 Å². The summed E-state index contributed by atoms with van der Waals surface area (Å²) in [5.41, 5.74) is 0. The first-order valence-electron chi connectivity index (χ1n) is 9.81. The second-order valence-corrected chi connectivity index (χ2v) is 7.08. The molecule has 132 valence electrons. The number of nitrogens with zero attached hydrogens (tertiary/aromatic N) is 1. The summed E-state index contributed by atoms with van der Waals surface area (Å²) in [4.78, 5) is 14.1. The van der Waals surface area contributed by atoms with E-state index in [2.05, 4.69) is 27.7 Å². The van der Waals surface area contributed by atoms with E-state index in [1.165, 1.54) is 51.4 Å². The summed E-state index contributed by atoms with van der Waals surface area (Å²) >= 11 is 0. The molecule has 0 aliphatic carbocycles. The summed E-state index contributed by atoms with van der Waals surface area (Å²) in [6.45, 7) is 9.82. The average Bonchev–Trinajstić information content (AvgIpc) is 2.51. The van der Waals surface area contributed by atoms with E-state index in [-0.39, 0.29) is 5.92 Å². The van der Waals surface area contributed by atoms with E-state index < -0.39 is 0 Å². The molecule has 0 aromatic rings. The molecule has 0 aromatic carbocycles. The van der Waals surface area contributed by atoms with Crippen molar-refractivity contribution in [1.82, 2.24) is 4.90 Å². The van der Waals surface area contributed by atoms with Crippen molar-refractivity contribution in [2.75, 3.05) is 13.6 Å². The fraction of sp³-hybridized carbons (Fsp3) is 0.950. The molecule has 0 saturated carbocycles. The maximum Gasteiger partial charge on any atom is 0.225 e. The summed E-state index contributed by atoms with van der Waals surface area (Å²) in [5.74, 6) is 1.49. The minimum absolute atomic E-state index is 0.232. The third-order valence-electron chi connectivity index (χ3n) is 4.93. The van der Waals surface area contributed by atoms with Crippen molar-refractivity contribution in [3.8, 4) is 0 Å². The van der Waals surface area contributed by atoms with Gasteiger partial charge in [0.1, 0.15) is 0 Å². The van der Waals surface area contributed by atoms with Gasteiger partial charge in [0.15, 0.2) is 0 Å². The van der Waals surface area contributed by atoms with Crippen LogP contribution >= 0.6 is 0 Å². The lowest BCUT2D eigenvalue weighted by molar-refractivity contribution is -0.134. The number of unbranched alkanes of at least 4 members (excludes halogenated alkanes) is 5. The lowest BCUT2D eigenvalue weighted by Gasteiger charge is -2.22. The second-order valence-electron chi connectivity index (χ2n) is 7.08. The van der Waals surface area contributed by atoms with Gasteiger partial charge >= 0.3 is 0 Å². The maximum atomic E-state index is 12.2. The lowest BCUT2D eigenvalue weighted by Crippen LogP contribution is -2.33. The predicted octanol–water partition coefficient (Wildman–Crippen LogP) is 6.05. The highest BCUT2D eigenvalue weighted by molar-refractivity contribution is 5.78. The molecule has 0 aliphatic rings. The zero-order chi connectivity index (χ0) is 16.8. The molecule has 0 heterocycles. The number of hydrogen-bond acceptors (Lipinski definition) is 1. The van der Waals surface area contributed by atoms with Crippen molar-refractivity contribution in [2.24, 2.45) is 11.8 Å². The quantitative estimate of drug-likeness (QED) is 0.358. The van der Waals surface area contributed by atoms with E-state index in [9.17, 15) is 4.79 Å². The van der Waals surface area contributed by atoms with Crippen LogP contribution in [0.4, 0.5) is 0 Å². The van der Waals surface area contributed by atoms with Gasteiger partial charge in [-0.05, 0) is 25.2 Å². The van der Waals surface area contributed by atoms with Crippen LogP contribution in [0.25, 0.3) is 0 Å². The van der Waals surface area contributed by atoms with Crippen molar-refractivity contribution in [3.63, 3.8) is 0 Å². The van der Waals surface area contributed by atoms with Crippen LogP contribution < -0.4 is 0 Å². The van der Waals surface area contributed by atoms with Crippen LogP contribution in [0.1, 0.15) is 98.3 Å². The van der Waals surface area contributed by atoms with Gasteiger partial charge in [0.2, 0.25) is 5.91 Å². The van der Waals surface area contributed by atoms with Crippen LogP contribution in [0.3, 0.4) is 0 Å². The molecule has 1 unspecified atom stereocenters. The molecule has 0 N–H and O–H groups in total. The van der Waals surface area contributed by atoms with Gasteiger partial charge in [0.05, 0.1) is 0 Å². The predicted molar refractivity (Wildman–Crippen MR) is 98.1 cm³/mol. The first-order chi connectivity index (χ1) is 10.6. The van der Waals surface area contributed by atoms with Gasteiger partial charge in [-0.25, -0.2) is 0 Å². The molecule has 2 nitrogen and oxygen atoms in total. The van der Waals surface area contributed by atoms with Crippen LogP contribution in [-0.2, 0) is 4.79 Å². The topological polar surface area (TPSA) is 20.3 Å². The zero-order valence-electron chi connectivity index (χ0n) is 16.0. The molecule has 0 aliphatic heterocycles. The third-order valence-corrected chi connectivity index (χ3v) is 4.93. The number of rotatable bonds is 14. The molecular weight excluding hydrogens is 270 g/mol. The van der Waals surface area contributed by atoms with Crippen LogP contribution in [0.15, 0.2) is 0 Å². The molecular formula is C20H41NO. The molecule has 0 aromatic heterocycles. The number of carbonyl (C=O) groups excluding carboxylic acids is 1. The Hall–Kier alpha value is -0.530. The summed E-state index contributed by atoms with van der Waals surface area (Å²) in [7, 11) is 1.97. The summed E-state index contributed by atoms with van der Waals surface area (Å²) in [5, 5.41) is 0. The Morgan fingerprint density at radius 2 is 1.41 bits per heavy atom. The van der Waals surface area contributed by atoms with Gasteiger partial charge in [-0.1, -0.05) is 79.1 Å². The fourth-order valence-electron chi connectivity index (χ4n) is 3.25. The van der Waals surface area contributed by atoms with Gasteiger partial charge in [0, 0.05) is 19.5 Å². The zero-order valence-corrected chi connectivity index (χ0v) is 16.0. The van der Waals surface area contributed by atoms with Gasteiger partial charge in [-0.15, -0.1) is 0 Å². The highest BCUT2D eigenvalue weighted by Gasteiger charge is 2.17. The number of hydrogen-bond donors (Lipinski definition) is 0. The average molecular weight is 312 g/mol. The molecule has 0 spiro atoms. The van der Waals surface area contributed by atoms with Crippen LogP contribution in [-0.4, -0.2) is 24.4 Å². The second kappa shape index (κ2) is 14.1. The smallest absolute Gasteiger partial charge is 0.225 e. The van der Waals surface area contributed by atoms with Crippen LogP contribution in [0.5, 0.6) is 0 Å². The molecule has 2 heteroatoms. The molecule has 0 bridgehead atoms. The van der Waals surface area contributed by atoms with E-state index in [1.807, 2.05) is 11.9 Å². The molecule has 0 rings (SSSR count). The Kier molecular flexibility index (Phi) is 13.7. The van der Waals surface area contributed by atoms with Gasteiger partial charge < -0.3 is 4.90 Å². The van der Waals surface area contributed by atoms with Crippen molar-refractivity contribution >= 4 is 5.91 Å². The highest BCUT2D eigenvalue weighted by atomic mass is 16.2. The summed E-state index contributed by atoms with van der Waals surface area (Å²) < 4.78 is 0. The van der Waals surface area contributed by atoms with E-state index in [0.29, 0.717) is 5.91 Å². The van der Waals surface area contributed by atoms with E-state index >= 15 is 0 Å². The summed E-state index contributed by atoms with van der Waals surface area (Å²) in [6.07, 6.45) is 14.0. The van der Waals surface area contributed by atoms with Gasteiger partial charge in [-0.3, -0.25) is 4.79 Å².